The Morgan fingerprint density at radius 2 is 1.06 bits per heavy atom. The lowest BCUT2D eigenvalue weighted by atomic mass is 9.78. The van der Waals surface area contributed by atoms with Gasteiger partial charge in [0.1, 0.15) is 0 Å². The van der Waals surface area contributed by atoms with E-state index >= 15 is 0 Å². The molecule has 2 aromatic rings. The molecule has 1 aliphatic rings. The van der Waals surface area contributed by atoms with Crippen LogP contribution in [0.15, 0.2) is 59.7 Å². The van der Waals surface area contributed by atoms with Gasteiger partial charge in [0.15, 0.2) is 5.78 Å². The molecule has 2 aromatic carbocycles. The fourth-order valence-electron chi connectivity index (χ4n) is 5.09. The van der Waals surface area contributed by atoms with Crippen LogP contribution in [0.2, 0.25) is 0 Å². The fourth-order valence-corrected chi connectivity index (χ4v) is 5.09. The standard InChI is InChI=1S/C31H42N2O/c1-6-11-26-22-27(20-24-12-16-29(17-13-24)32(7-2)8-3)31(34)28(23-26)21-25-14-18-30(19-15-25)33(9-4)10-5/h12-21,26H,6-11,22-23H2,1-5H3/b27-20-,28-21+. The van der Waals surface area contributed by atoms with E-state index < -0.39 is 0 Å². The third-order valence-electron chi connectivity index (χ3n) is 7.02. The minimum absolute atomic E-state index is 0.216. The Hall–Kier alpha value is -2.81. The number of Topliss-reactive ketones (excluding diaryl/α,β-unsaturated/α-hetero) is 1. The second kappa shape index (κ2) is 12.6. The summed E-state index contributed by atoms with van der Waals surface area (Å²) in [5.74, 6) is 0.748. The van der Waals surface area contributed by atoms with Crippen LogP contribution in [0.3, 0.4) is 0 Å². The molecule has 1 aliphatic carbocycles. The van der Waals surface area contributed by atoms with Crippen LogP contribution in [0.1, 0.15) is 71.4 Å². The van der Waals surface area contributed by atoms with Crippen molar-refractivity contribution in [3.63, 3.8) is 0 Å². The summed E-state index contributed by atoms with van der Waals surface area (Å²) in [6.45, 7) is 14.9. The molecule has 0 aromatic heterocycles. The van der Waals surface area contributed by atoms with Crippen LogP contribution in [0, 0.1) is 5.92 Å². The van der Waals surface area contributed by atoms with Gasteiger partial charge >= 0.3 is 0 Å². The van der Waals surface area contributed by atoms with Crippen molar-refractivity contribution in [3.05, 3.63) is 70.8 Å². The lowest BCUT2D eigenvalue weighted by molar-refractivity contribution is -0.113. The largest absolute Gasteiger partial charge is 0.372 e. The maximum Gasteiger partial charge on any atom is 0.185 e. The molecule has 1 unspecified atom stereocenters. The Labute approximate surface area is 207 Å². The van der Waals surface area contributed by atoms with E-state index in [4.69, 9.17) is 0 Å². The summed E-state index contributed by atoms with van der Waals surface area (Å²) < 4.78 is 0. The van der Waals surface area contributed by atoms with Crippen molar-refractivity contribution in [1.82, 2.24) is 0 Å². The van der Waals surface area contributed by atoms with Crippen LogP contribution in [-0.2, 0) is 4.79 Å². The van der Waals surface area contributed by atoms with Crippen LogP contribution >= 0.6 is 0 Å². The lowest BCUT2D eigenvalue weighted by Gasteiger charge is -2.26. The van der Waals surface area contributed by atoms with Gasteiger partial charge in [0, 0.05) is 48.7 Å². The Bertz CT molecular complexity index is 900. The minimum Gasteiger partial charge on any atom is -0.372 e. The maximum absolute atomic E-state index is 13.5. The van der Waals surface area contributed by atoms with Gasteiger partial charge in [-0.25, -0.2) is 0 Å². The number of carbonyl (C=O) groups is 1. The van der Waals surface area contributed by atoms with E-state index in [2.05, 4.69) is 105 Å². The minimum atomic E-state index is 0.216. The van der Waals surface area contributed by atoms with Crippen molar-refractivity contribution in [1.29, 1.82) is 0 Å². The highest BCUT2D eigenvalue weighted by atomic mass is 16.1. The van der Waals surface area contributed by atoms with E-state index in [0.717, 1.165) is 74.1 Å². The topological polar surface area (TPSA) is 23.6 Å². The molecular weight excluding hydrogens is 416 g/mol. The molecule has 3 rings (SSSR count). The average molecular weight is 459 g/mol. The van der Waals surface area contributed by atoms with Crippen LogP contribution in [0.5, 0.6) is 0 Å². The molecule has 34 heavy (non-hydrogen) atoms. The average Bonchev–Trinajstić information content (AvgIpc) is 2.85. The number of nitrogens with zero attached hydrogens (tertiary/aromatic N) is 2. The summed E-state index contributed by atoms with van der Waals surface area (Å²) >= 11 is 0. The zero-order valence-electron chi connectivity index (χ0n) is 21.8. The first kappa shape index (κ1) is 25.8. The Balaban J connectivity index is 1.86. The quantitative estimate of drug-likeness (QED) is 0.342. The number of carbonyl (C=O) groups excluding carboxylic acids is 1. The highest BCUT2D eigenvalue weighted by Gasteiger charge is 2.27. The molecule has 182 valence electrons. The molecule has 1 fully saturated rings. The number of anilines is 2. The van der Waals surface area contributed by atoms with Crippen LogP contribution < -0.4 is 9.80 Å². The summed E-state index contributed by atoms with van der Waals surface area (Å²) in [6.07, 6.45) is 8.30. The zero-order valence-corrected chi connectivity index (χ0v) is 21.8. The molecule has 0 spiro atoms. The molecule has 0 radical (unpaired) electrons. The predicted octanol–water partition coefficient (Wildman–Crippen LogP) is 7.63. The van der Waals surface area contributed by atoms with Crippen molar-refractivity contribution in [2.24, 2.45) is 5.92 Å². The summed E-state index contributed by atoms with van der Waals surface area (Å²) in [5, 5.41) is 0. The van der Waals surface area contributed by atoms with E-state index in [-0.39, 0.29) is 5.78 Å². The van der Waals surface area contributed by atoms with E-state index in [1.165, 1.54) is 11.4 Å². The molecule has 1 saturated carbocycles. The highest BCUT2D eigenvalue weighted by molar-refractivity contribution is 6.14. The molecule has 0 N–H and O–H groups in total. The van der Waals surface area contributed by atoms with Crippen LogP contribution in [0.4, 0.5) is 11.4 Å². The third kappa shape index (κ3) is 6.40. The highest BCUT2D eigenvalue weighted by Crippen LogP contribution is 2.35. The van der Waals surface area contributed by atoms with Gasteiger partial charge in [0.2, 0.25) is 0 Å². The van der Waals surface area contributed by atoms with Crippen LogP contribution in [0.25, 0.3) is 12.2 Å². The number of hydrogen-bond acceptors (Lipinski definition) is 3. The Morgan fingerprint density at radius 3 is 1.38 bits per heavy atom. The van der Waals surface area contributed by atoms with Gasteiger partial charge in [-0.2, -0.15) is 0 Å². The molecule has 3 heteroatoms. The third-order valence-corrected chi connectivity index (χ3v) is 7.02. The number of hydrogen-bond donors (Lipinski definition) is 0. The first-order valence-corrected chi connectivity index (χ1v) is 13.2. The van der Waals surface area contributed by atoms with Gasteiger partial charge in [-0.15, -0.1) is 0 Å². The molecule has 3 nitrogen and oxygen atoms in total. The maximum atomic E-state index is 13.5. The summed E-state index contributed by atoms with van der Waals surface area (Å²) in [6, 6.07) is 17.3. The van der Waals surface area contributed by atoms with Crippen LogP contribution in [-0.4, -0.2) is 32.0 Å². The molecule has 0 heterocycles. The second-order valence-electron chi connectivity index (χ2n) is 9.26. The van der Waals surface area contributed by atoms with Gasteiger partial charge < -0.3 is 9.80 Å². The zero-order chi connectivity index (χ0) is 24.5. The predicted molar refractivity (Wildman–Crippen MR) is 149 cm³/mol. The fraction of sp³-hybridized carbons (Fsp3) is 0.452. The van der Waals surface area contributed by atoms with Gasteiger partial charge in [-0.05, 0) is 94.0 Å². The monoisotopic (exact) mass is 458 g/mol. The molecule has 0 aliphatic heterocycles. The first-order chi connectivity index (χ1) is 16.5. The number of rotatable bonds is 10. The Morgan fingerprint density at radius 1 is 0.676 bits per heavy atom. The van der Waals surface area contributed by atoms with Gasteiger partial charge in [-0.3, -0.25) is 4.79 Å². The van der Waals surface area contributed by atoms with Crippen molar-refractivity contribution in [2.75, 3.05) is 36.0 Å². The van der Waals surface area contributed by atoms with Gasteiger partial charge in [0.25, 0.3) is 0 Å². The van der Waals surface area contributed by atoms with Gasteiger partial charge in [0.05, 0.1) is 0 Å². The Kier molecular flexibility index (Phi) is 9.56. The molecule has 0 amide bonds. The first-order valence-electron chi connectivity index (χ1n) is 13.2. The normalized spacial score (nSPS) is 18.5. The number of ketones is 1. The van der Waals surface area contributed by atoms with E-state index in [1.54, 1.807) is 0 Å². The molecular formula is C31H42N2O. The van der Waals surface area contributed by atoms with Crippen molar-refractivity contribution in [3.8, 4) is 0 Å². The smallest absolute Gasteiger partial charge is 0.185 e. The van der Waals surface area contributed by atoms with Gasteiger partial charge in [-0.1, -0.05) is 44.0 Å². The van der Waals surface area contributed by atoms with Crippen molar-refractivity contribution in [2.45, 2.75) is 60.3 Å². The summed E-state index contributed by atoms with van der Waals surface area (Å²) in [5.41, 5.74) is 6.59. The van der Waals surface area contributed by atoms with E-state index in [0.29, 0.717) is 5.92 Å². The second-order valence-corrected chi connectivity index (χ2v) is 9.26. The lowest BCUT2D eigenvalue weighted by Crippen LogP contribution is -2.21. The molecule has 1 atom stereocenters. The summed E-state index contributed by atoms with van der Waals surface area (Å²) in [4.78, 5) is 18.1. The molecule has 0 saturated heterocycles. The number of benzene rings is 2. The van der Waals surface area contributed by atoms with Crippen molar-refractivity contribution >= 4 is 29.3 Å². The van der Waals surface area contributed by atoms with Crippen molar-refractivity contribution < 1.29 is 4.79 Å². The SMILES string of the molecule is CCCC1C/C(=C/c2ccc(N(CC)CC)cc2)C(=O)/C(=C/c2ccc(N(CC)CC)cc2)C1. The van der Waals surface area contributed by atoms with E-state index in [9.17, 15) is 4.79 Å². The number of allylic oxidation sites excluding steroid dienone is 2. The molecule has 0 bridgehead atoms. The summed E-state index contributed by atoms with van der Waals surface area (Å²) in [7, 11) is 0. The van der Waals surface area contributed by atoms with E-state index in [1.807, 2.05) is 0 Å².